The molecule has 3 unspecified atom stereocenters. The third-order valence-electron chi connectivity index (χ3n) is 6.55. The van der Waals surface area contributed by atoms with Gasteiger partial charge in [0.15, 0.2) is 5.11 Å². The Kier molecular flexibility index (Phi) is 5.90. The van der Waals surface area contributed by atoms with Gasteiger partial charge in [-0.05, 0) is 73.1 Å². The van der Waals surface area contributed by atoms with Gasteiger partial charge in [0.1, 0.15) is 17.9 Å². The Hall–Kier alpha value is -3.19. The molecule has 6 nitrogen and oxygen atoms in total. The quantitative estimate of drug-likeness (QED) is 0.405. The number of nitrogens with zero attached hydrogens (tertiary/aromatic N) is 1. The van der Waals surface area contributed by atoms with Gasteiger partial charge in [0, 0.05) is 23.2 Å². The summed E-state index contributed by atoms with van der Waals surface area (Å²) in [5.74, 6) is 2.07. The van der Waals surface area contributed by atoms with Crippen LogP contribution in [0.3, 0.4) is 0 Å². The largest absolute Gasteiger partial charge is 0.487 e. The van der Waals surface area contributed by atoms with Gasteiger partial charge in [0.25, 0.3) is 5.91 Å². The Labute approximate surface area is 192 Å². The molecule has 3 atom stereocenters. The van der Waals surface area contributed by atoms with Crippen molar-refractivity contribution in [3.05, 3.63) is 71.9 Å². The minimum Gasteiger partial charge on any atom is -0.487 e. The third kappa shape index (κ3) is 4.53. The van der Waals surface area contributed by atoms with Gasteiger partial charge in [-0.25, -0.2) is 0 Å². The Balaban J connectivity index is 1.11. The summed E-state index contributed by atoms with van der Waals surface area (Å²) in [6.07, 6.45) is 6.87. The van der Waals surface area contributed by atoms with Crippen LogP contribution in [0.25, 0.3) is 10.9 Å². The predicted molar refractivity (Wildman–Crippen MR) is 128 cm³/mol. The van der Waals surface area contributed by atoms with Crippen molar-refractivity contribution < 1.29 is 9.53 Å². The first-order chi connectivity index (χ1) is 15.7. The van der Waals surface area contributed by atoms with Crippen molar-refractivity contribution >= 4 is 34.1 Å². The molecule has 0 radical (unpaired) electrons. The summed E-state index contributed by atoms with van der Waals surface area (Å²) in [5.41, 5.74) is 7.88. The zero-order chi connectivity index (χ0) is 21.9. The molecule has 3 aromatic rings. The second kappa shape index (κ2) is 9.12. The second-order valence-electron chi connectivity index (χ2n) is 8.65. The van der Waals surface area contributed by atoms with Gasteiger partial charge in [0.2, 0.25) is 0 Å². The van der Waals surface area contributed by atoms with Crippen molar-refractivity contribution in [2.24, 2.45) is 11.8 Å². The summed E-state index contributed by atoms with van der Waals surface area (Å²) in [5, 5.41) is 4.87. The summed E-state index contributed by atoms with van der Waals surface area (Å²) in [6.45, 7) is 0.396. The number of hydrazine groups is 1. The lowest BCUT2D eigenvalue weighted by atomic mass is 9.96. The summed E-state index contributed by atoms with van der Waals surface area (Å²) in [7, 11) is 0. The van der Waals surface area contributed by atoms with Gasteiger partial charge in [-0.15, -0.1) is 0 Å². The third-order valence-corrected chi connectivity index (χ3v) is 6.77. The molecule has 2 bridgehead atoms. The topological polar surface area (TPSA) is 75.3 Å². The number of para-hydroxylation sites is 1. The average molecular weight is 447 g/mol. The van der Waals surface area contributed by atoms with Gasteiger partial charge in [0.05, 0.1) is 0 Å². The molecular weight excluding hydrogens is 420 g/mol. The molecule has 0 aliphatic heterocycles. The minimum absolute atomic E-state index is 0.229. The standard InChI is InChI=1S/C25H26N4O2S/c30-24(28-29-25(32)27-21-14-17-8-11-20(21)13-17)19-9-6-16(7-10-19)15-31-22-5-1-3-18-4-2-12-26-23(18)22/h1-7,9-10,12,17,20-21H,8,11,13-15H2,(H,28,30)(H2,27,29,32). The molecule has 1 amide bonds. The molecule has 2 aliphatic rings. The van der Waals surface area contributed by atoms with E-state index in [0.29, 0.717) is 23.3 Å². The molecule has 5 rings (SSSR count). The molecule has 2 saturated carbocycles. The van der Waals surface area contributed by atoms with Crippen molar-refractivity contribution in [2.75, 3.05) is 0 Å². The van der Waals surface area contributed by atoms with Crippen molar-refractivity contribution in [3.63, 3.8) is 0 Å². The fraction of sp³-hybridized carbons (Fsp3) is 0.320. The molecule has 32 heavy (non-hydrogen) atoms. The van der Waals surface area contributed by atoms with Gasteiger partial charge >= 0.3 is 0 Å². The SMILES string of the molecule is O=C(NNC(=S)NC1CC2CCC1C2)c1ccc(COc2cccc3cccnc23)cc1. The molecule has 2 aliphatic carbocycles. The fourth-order valence-electron chi connectivity index (χ4n) is 4.92. The van der Waals surface area contributed by atoms with Crippen LogP contribution >= 0.6 is 12.2 Å². The highest BCUT2D eigenvalue weighted by Gasteiger charge is 2.39. The van der Waals surface area contributed by atoms with Crippen LogP contribution in [0.5, 0.6) is 5.75 Å². The first-order valence-electron chi connectivity index (χ1n) is 11.1. The Morgan fingerprint density at radius 1 is 1.03 bits per heavy atom. The first-order valence-corrected chi connectivity index (χ1v) is 11.5. The van der Waals surface area contributed by atoms with Crippen LogP contribution in [0, 0.1) is 11.8 Å². The molecule has 1 heterocycles. The van der Waals surface area contributed by atoms with E-state index in [-0.39, 0.29) is 5.91 Å². The van der Waals surface area contributed by atoms with Crippen LogP contribution in [-0.4, -0.2) is 22.0 Å². The molecule has 164 valence electrons. The highest BCUT2D eigenvalue weighted by atomic mass is 32.1. The number of ether oxygens (including phenoxy) is 1. The maximum atomic E-state index is 12.5. The minimum atomic E-state index is -0.229. The molecule has 0 spiro atoms. The number of thiocarbonyl (C=S) groups is 1. The van der Waals surface area contributed by atoms with E-state index < -0.39 is 0 Å². The number of carbonyl (C=O) groups is 1. The number of pyridine rings is 1. The van der Waals surface area contributed by atoms with E-state index in [9.17, 15) is 4.79 Å². The number of hydrogen-bond acceptors (Lipinski definition) is 4. The number of nitrogens with one attached hydrogen (secondary N) is 3. The lowest BCUT2D eigenvalue weighted by Crippen LogP contribution is -2.50. The van der Waals surface area contributed by atoms with E-state index in [1.54, 1.807) is 18.3 Å². The number of hydrogen-bond donors (Lipinski definition) is 3. The van der Waals surface area contributed by atoms with E-state index in [2.05, 4.69) is 21.2 Å². The maximum absolute atomic E-state index is 12.5. The van der Waals surface area contributed by atoms with Crippen molar-refractivity contribution in [1.29, 1.82) is 0 Å². The maximum Gasteiger partial charge on any atom is 0.269 e. The predicted octanol–water partition coefficient (Wildman–Crippen LogP) is 4.11. The fourth-order valence-corrected chi connectivity index (χ4v) is 5.12. The lowest BCUT2D eigenvalue weighted by molar-refractivity contribution is 0.0943. The van der Waals surface area contributed by atoms with E-state index in [4.69, 9.17) is 17.0 Å². The van der Waals surface area contributed by atoms with E-state index in [1.807, 2.05) is 42.5 Å². The summed E-state index contributed by atoms with van der Waals surface area (Å²) >= 11 is 5.35. The molecule has 1 aromatic heterocycles. The highest BCUT2D eigenvalue weighted by Crippen LogP contribution is 2.44. The van der Waals surface area contributed by atoms with Crippen LogP contribution in [0.1, 0.15) is 41.6 Å². The van der Waals surface area contributed by atoms with Gasteiger partial charge in [-0.3, -0.25) is 20.6 Å². The summed E-state index contributed by atoms with van der Waals surface area (Å²) in [4.78, 5) is 16.9. The number of aromatic nitrogens is 1. The van der Waals surface area contributed by atoms with E-state index >= 15 is 0 Å². The molecule has 3 N–H and O–H groups in total. The Morgan fingerprint density at radius 3 is 2.66 bits per heavy atom. The average Bonchev–Trinajstić information content (AvgIpc) is 3.45. The monoisotopic (exact) mass is 446 g/mol. The van der Waals surface area contributed by atoms with Crippen LogP contribution in [0.4, 0.5) is 0 Å². The molecular formula is C25H26N4O2S. The second-order valence-corrected chi connectivity index (χ2v) is 9.06. The molecule has 0 saturated heterocycles. The van der Waals surface area contributed by atoms with Crippen LogP contribution < -0.4 is 20.9 Å². The van der Waals surface area contributed by atoms with Crippen LogP contribution in [0.15, 0.2) is 60.8 Å². The van der Waals surface area contributed by atoms with Crippen LogP contribution in [-0.2, 0) is 6.61 Å². The Bertz CT molecular complexity index is 1130. The number of rotatable bonds is 5. The Morgan fingerprint density at radius 2 is 1.88 bits per heavy atom. The first kappa shape index (κ1) is 20.7. The number of amides is 1. The summed E-state index contributed by atoms with van der Waals surface area (Å²) in [6, 6.07) is 17.6. The van der Waals surface area contributed by atoms with Gasteiger partial charge in [-0.2, -0.15) is 0 Å². The van der Waals surface area contributed by atoms with Crippen molar-refractivity contribution in [1.82, 2.24) is 21.2 Å². The zero-order valence-corrected chi connectivity index (χ0v) is 18.5. The van der Waals surface area contributed by atoms with Crippen molar-refractivity contribution in [3.8, 4) is 5.75 Å². The zero-order valence-electron chi connectivity index (χ0n) is 17.7. The number of fused-ring (bicyclic) bond motifs is 3. The smallest absolute Gasteiger partial charge is 0.269 e. The van der Waals surface area contributed by atoms with Crippen LogP contribution in [0.2, 0.25) is 0 Å². The number of carbonyl (C=O) groups excluding carboxylic acids is 1. The van der Waals surface area contributed by atoms with Gasteiger partial charge in [-0.1, -0.05) is 36.8 Å². The molecule has 7 heteroatoms. The van der Waals surface area contributed by atoms with E-state index in [1.165, 1.54) is 25.7 Å². The summed E-state index contributed by atoms with van der Waals surface area (Å²) < 4.78 is 5.97. The van der Waals surface area contributed by atoms with E-state index in [0.717, 1.165) is 34.1 Å². The highest BCUT2D eigenvalue weighted by molar-refractivity contribution is 7.80. The van der Waals surface area contributed by atoms with Gasteiger partial charge < -0.3 is 10.1 Å². The lowest BCUT2D eigenvalue weighted by Gasteiger charge is -2.24. The number of benzene rings is 2. The normalized spacial score (nSPS) is 21.3. The molecule has 2 fully saturated rings. The van der Waals surface area contributed by atoms with Crippen molar-refractivity contribution in [2.45, 2.75) is 38.3 Å². The molecule has 2 aromatic carbocycles.